The summed E-state index contributed by atoms with van der Waals surface area (Å²) in [6, 6.07) is 1.94. The number of methoxy groups -OCH3 is 1. The van der Waals surface area contributed by atoms with E-state index in [-0.39, 0.29) is 11.6 Å². The van der Waals surface area contributed by atoms with Crippen molar-refractivity contribution in [3.05, 3.63) is 22.8 Å². The summed E-state index contributed by atoms with van der Waals surface area (Å²) in [6.07, 6.45) is 8.81. The van der Waals surface area contributed by atoms with Crippen molar-refractivity contribution in [1.29, 1.82) is 0 Å². The molecule has 0 spiro atoms. The lowest BCUT2D eigenvalue weighted by atomic mass is 9.75. The van der Waals surface area contributed by atoms with E-state index in [1.165, 1.54) is 44.8 Å². The number of esters is 1. The van der Waals surface area contributed by atoms with E-state index in [0.29, 0.717) is 30.4 Å². The van der Waals surface area contributed by atoms with E-state index >= 15 is 0 Å². The first kappa shape index (κ1) is 16.7. The molecule has 4 aliphatic rings. The second-order valence-electron chi connectivity index (χ2n) is 8.24. The van der Waals surface area contributed by atoms with Gasteiger partial charge in [0.05, 0.1) is 7.11 Å². The van der Waals surface area contributed by atoms with Crippen LogP contribution in [-0.4, -0.2) is 23.8 Å². The quantitative estimate of drug-likeness (QED) is 0.816. The number of carbonyl (C=O) groups is 1. The molecular weight excluding hydrogens is 316 g/mol. The third kappa shape index (κ3) is 2.90. The number of aromatic hydroxyl groups is 1. The highest BCUT2D eigenvalue weighted by molar-refractivity contribution is 5.69. The highest BCUT2D eigenvalue weighted by atomic mass is 16.5. The first-order chi connectivity index (χ1) is 12.0. The molecule has 0 amide bonds. The Hall–Kier alpha value is -1.71. The van der Waals surface area contributed by atoms with Gasteiger partial charge in [-0.3, -0.25) is 4.79 Å². The van der Waals surface area contributed by atoms with Crippen molar-refractivity contribution >= 4 is 5.97 Å². The third-order valence-electron chi connectivity index (χ3n) is 6.56. The molecule has 1 aromatic rings. The fraction of sp³-hybridized carbons (Fsp3) is 0.667. The summed E-state index contributed by atoms with van der Waals surface area (Å²) < 4.78 is 11.3. The lowest BCUT2D eigenvalue weighted by Gasteiger charge is -2.40. The Bertz CT molecular complexity index is 692. The highest BCUT2D eigenvalue weighted by Crippen LogP contribution is 2.56. The molecular formula is C21H28O4. The van der Waals surface area contributed by atoms with Crippen LogP contribution in [0.15, 0.2) is 6.07 Å². The van der Waals surface area contributed by atoms with Crippen molar-refractivity contribution in [2.24, 2.45) is 0 Å². The molecule has 3 atom stereocenters. The van der Waals surface area contributed by atoms with Crippen LogP contribution in [0.5, 0.6) is 11.5 Å². The van der Waals surface area contributed by atoms with Gasteiger partial charge in [-0.2, -0.15) is 0 Å². The minimum absolute atomic E-state index is 0.181. The maximum absolute atomic E-state index is 11.6. The topological polar surface area (TPSA) is 55.8 Å². The van der Waals surface area contributed by atoms with Gasteiger partial charge in [-0.15, -0.1) is 0 Å². The van der Waals surface area contributed by atoms with Gasteiger partial charge < -0.3 is 14.6 Å². The van der Waals surface area contributed by atoms with Gasteiger partial charge in [0.25, 0.3) is 0 Å². The summed E-state index contributed by atoms with van der Waals surface area (Å²) in [5.74, 6) is 2.30. The number of phenolic OH excluding ortho intramolecular Hbond substituents is 1. The molecule has 0 radical (unpaired) electrons. The summed E-state index contributed by atoms with van der Waals surface area (Å²) in [6.45, 7) is 2.10. The Morgan fingerprint density at radius 2 is 2.00 bits per heavy atom. The number of fused-ring (bicyclic) bond motifs is 4. The highest BCUT2D eigenvalue weighted by Gasteiger charge is 2.40. The van der Waals surface area contributed by atoms with E-state index in [0.717, 1.165) is 29.7 Å². The van der Waals surface area contributed by atoms with Crippen LogP contribution in [-0.2, 0) is 16.0 Å². The van der Waals surface area contributed by atoms with Crippen LogP contribution < -0.4 is 4.74 Å². The molecule has 136 valence electrons. The number of phenols is 1. The molecule has 25 heavy (non-hydrogen) atoms. The molecule has 1 heterocycles. The van der Waals surface area contributed by atoms with Crippen molar-refractivity contribution in [3.8, 4) is 11.5 Å². The Morgan fingerprint density at radius 1 is 1.28 bits per heavy atom. The van der Waals surface area contributed by atoms with Gasteiger partial charge in [0.15, 0.2) is 0 Å². The molecule has 1 aromatic carbocycles. The molecule has 1 N–H and O–H groups in total. The van der Waals surface area contributed by atoms with Crippen molar-refractivity contribution in [3.63, 3.8) is 0 Å². The fourth-order valence-corrected chi connectivity index (χ4v) is 5.10. The predicted molar refractivity (Wildman–Crippen MR) is 95.3 cm³/mol. The zero-order chi connectivity index (χ0) is 17.6. The lowest BCUT2D eigenvalue weighted by molar-refractivity contribution is -0.141. The molecule has 1 fully saturated rings. The lowest BCUT2D eigenvalue weighted by Crippen LogP contribution is -2.38. The monoisotopic (exact) mass is 344 g/mol. The molecule has 5 rings (SSSR count). The number of aryl methyl sites for hydroxylation is 1. The average molecular weight is 344 g/mol. The normalized spacial score (nSPS) is 30.0. The fourth-order valence-electron chi connectivity index (χ4n) is 5.10. The zero-order valence-electron chi connectivity index (χ0n) is 15.3. The van der Waals surface area contributed by atoms with Gasteiger partial charge in [-0.25, -0.2) is 0 Å². The van der Waals surface area contributed by atoms with Crippen molar-refractivity contribution in [2.75, 3.05) is 7.11 Å². The molecule has 4 nitrogen and oxygen atoms in total. The first-order valence-corrected chi connectivity index (χ1v) is 9.65. The van der Waals surface area contributed by atoms with Gasteiger partial charge in [-0.1, -0.05) is 6.42 Å². The van der Waals surface area contributed by atoms with E-state index in [2.05, 4.69) is 6.92 Å². The van der Waals surface area contributed by atoms with E-state index in [9.17, 15) is 9.90 Å². The SMILES string of the molecule is COC(=O)CCC1(C)CCc2cc(O)c3c(c2O1)C1CCCC3CC1. The van der Waals surface area contributed by atoms with E-state index in [4.69, 9.17) is 9.47 Å². The Balaban J connectivity index is 1.70. The van der Waals surface area contributed by atoms with Crippen LogP contribution in [0, 0.1) is 0 Å². The third-order valence-corrected chi connectivity index (χ3v) is 6.56. The minimum Gasteiger partial charge on any atom is -0.508 e. The zero-order valence-corrected chi connectivity index (χ0v) is 15.3. The summed E-state index contributed by atoms with van der Waals surface area (Å²) in [5.41, 5.74) is 3.24. The minimum atomic E-state index is -0.336. The maximum atomic E-state index is 11.6. The molecule has 1 saturated carbocycles. The van der Waals surface area contributed by atoms with Crippen LogP contribution in [0.3, 0.4) is 0 Å². The van der Waals surface area contributed by atoms with Gasteiger partial charge >= 0.3 is 5.97 Å². The van der Waals surface area contributed by atoms with E-state index in [1.54, 1.807) is 0 Å². The number of rotatable bonds is 3. The molecule has 0 saturated heterocycles. The number of benzene rings is 1. The van der Waals surface area contributed by atoms with Crippen molar-refractivity contribution in [2.45, 2.75) is 82.1 Å². The van der Waals surface area contributed by atoms with E-state index < -0.39 is 0 Å². The predicted octanol–water partition coefficient (Wildman–Crippen LogP) is 4.57. The first-order valence-electron chi connectivity index (χ1n) is 9.65. The average Bonchev–Trinajstić information content (AvgIpc) is 2.95. The maximum Gasteiger partial charge on any atom is 0.305 e. The molecule has 2 bridgehead atoms. The second-order valence-corrected chi connectivity index (χ2v) is 8.24. The van der Waals surface area contributed by atoms with E-state index in [1.807, 2.05) is 6.07 Å². The molecule has 4 heteroatoms. The summed E-state index contributed by atoms with van der Waals surface area (Å²) in [5, 5.41) is 10.7. The van der Waals surface area contributed by atoms with Crippen LogP contribution in [0.25, 0.3) is 0 Å². The van der Waals surface area contributed by atoms with Gasteiger partial charge in [0.1, 0.15) is 17.1 Å². The Morgan fingerprint density at radius 3 is 2.72 bits per heavy atom. The van der Waals surface area contributed by atoms with Gasteiger partial charge in [0.2, 0.25) is 0 Å². The number of carbonyl (C=O) groups excluding carboxylic acids is 1. The Kier molecular flexibility index (Phi) is 4.17. The molecule has 0 aromatic heterocycles. The largest absolute Gasteiger partial charge is 0.508 e. The second kappa shape index (κ2) is 6.22. The smallest absolute Gasteiger partial charge is 0.305 e. The number of hydrogen-bond donors (Lipinski definition) is 1. The van der Waals surface area contributed by atoms with Crippen molar-refractivity contribution in [1.82, 2.24) is 0 Å². The standard InChI is InChI=1S/C21H28O4/c1-21(11-9-17(23)24-2)10-8-15-12-16(22)18-13-4-3-5-14(7-6-13)19(18)20(15)25-21/h12-14,22H,3-11H2,1-2H3. The number of ether oxygens (including phenoxy) is 2. The van der Waals surface area contributed by atoms with Crippen molar-refractivity contribution < 1.29 is 19.4 Å². The molecule has 3 aliphatic carbocycles. The number of hydrogen-bond acceptors (Lipinski definition) is 4. The van der Waals surface area contributed by atoms with Gasteiger partial charge in [0, 0.05) is 17.5 Å². The Labute approximate surface area is 149 Å². The summed E-state index contributed by atoms with van der Waals surface area (Å²) >= 11 is 0. The van der Waals surface area contributed by atoms with Crippen LogP contribution in [0.1, 0.15) is 86.8 Å². The molecule has 1 aliphatic heterocycles. The van der Waals surface area contributed by atoms with Gasteiger partial charge in [-0.05, 0) is 75.3 Å². The van der Waals surface area contributed by atoms with Crippen LogP contribution in [0.2, 0.25) is 0 Å². The summed E-state index contributed by atoms with van der Waals surface area (Å²) in [7, 11) is 1.43. The molecule has 3 unspecified atom stereocenters. The summed E-state index contributed by atoms with van der Waals surface area (Å²) in [4.78, 5) is 11.6. The van der Waals surface area contributed by atoms with Crippen LogP contribution in [0.4, 0.5) is 0 Å². The van der Waals surface area contributed by atoms with Crippen LogP contribution >= 0.6 is 0 Å².